The Kier molecular flexibility index (Phi) is 26.3. The molecule has 2 atom stereocenters. The van der Waals surface area contributed by atoms with E-state index in [2.05, 4.69) is 20.7 Å². The van der Waals surface area contributed by atoms with Gasteiger partial charge in [0.1, 0.15) is 46.9 Å². The lowest BCUT2D eigenvalue weighted by atomic mass is 9.75. The summed E-state index contributed by atoms with van der Waals surface area (Å²) < 4.78 is 178. The van der Waals surface area contributed by atoms with Crippen molar-refractivity contribution >= 4 is 86.7 Å². The SMILES string of the molecule is COCCN1/C(=C\C=C\C2=[N+](CCCCCC(=O)NCCOCCOCCOCCOc3cccc(-c4cc(NCc5ccc(Cl)cc5OC(C)C)n5ncnc5n4)c3)c3ccc(S(=O)(=O)O)cc3C2(C)CCCS(=O)(=O)O)C(C)(CCCS(=O)(=O)O)c2cc(S(=O)(=O)[O-])ccc21. The lowest BCUT2D eigenvalue weighted by Gasteiger charge is -2.30. The average molecular weight is 1440 g/mol. The first-order valence-electron chi connectivity index (χ1n) is 31.5. The number of amides is 1. The molecular formula is C65H83ClN8O19S4. The minimum atomic E-state index is -4.93. The highest BCUT2D eigenvalue weighted by atomic mass is 35.5. The molecule has 32 heteroatoms. The van der Waals surface area contributed by atoms with Gasteiger partial charge in [-0.2, -0.15) is 44.4 Å². The quantitative estimate of drug-likeness (QED) is 0.0137. The summed E-state index contributed by atoms with van der Waals surface area (Å²) in [6.07, 6.45) is 8.42. The standard InChI is InChI=1S/C65H83ClN8O19S4/c1-46(2)93-58-40-49(66)19-18-48(58)44-68-61-43-55(71-63-69-45-70-74(61)63)47-13-9-14-50(39-47)92-36-35-91-34-33-90-32-31-89-29-26-67-62(75)17-7-6-8-27-72-56-22-20-51(96(82,83)84)41-53(56)64(3,24-11-37-94(76,77)78)59(72)15-10-16-60-65(4,25-12-38-95(79,80)81)54-42-52(97(85,86)87)21-23-57(54)73(60)28-30-88-5/h9-10,13-16,18-23,39-43,45-46H,6-8,11-12,17,24-38,44H2,1-5H3,(H5-,67,68,69,70,71,75,76,77,78,79,80,81,82,83,84,85,86,87). The number of benzene rings is 4. The maximum absolute atomic E-state index is 12.9. The zero-order valence-electron chi connectivity index (χ0n) is 54.6. The molecule has 6 aromatic rings. The number of carbonyl (C=O) groups excluding carboxylic acids is 1. The Labute approximate surface area is 571 Å². The molecule has 4 aromatic carbocycles. The molecule has 27 nitrogen and oxygen atoms in total. The van der Waals surface area contributed by atoms with Gasteiger partial charge in [-0.25, -0.2) is 13.4 Å². The van der Waals surface area contributed by atoms with Crippen molar-refractivity contribution in [3.05, 3.63) is 137 Å². The summed E-state index contributed by atoms with van der Waals surface area (Å²) in [7, 11) is -17.0. The first-order valence-corrected chi connectivity index (χ1v) is 38.0. The number of unbranched alkanes of at least 4 members (excludes halogenated alkanes) is 2. The van der Waals surface area contributed by atoms with Crippen molar-refractivity contribution in [3.63, 3.8) is 0 Å². The number of hydrogen-bond donors (Lipinski definition) is 5. The second-order valence-electron chi connectivity index (χ2n) is 24.0. The second-order valence-corrected chi connectivity index (χ2v) is 30.3. The minimum Gasteiger partial charge on any atom is -0.744 e. The smallest absolute Gasteiger partial charge is 0.294 e. The zero-order chi connectivity index (χ0) is 70.2. The number of anilines is 2. The van der Waals surface area contributed by atoms with E-state index < -0.39 is 72.6 Å². The normalized spacial score (nSPS) is 17.1. The Bertz CT molecular complexity index is 4320. The number of carbonyl (C=O) groups is 1. The Morgan fingerprint density at radius 3 is 2.12 bits per heavy atom. The van der Waals surface area contributed by atoms with E-state index in [0.717, 1.165) is 11.1 Å². The van der Waals surface area contributed by atoms with Crippen molar-refractivity contribution in [2.45, 2.75) is 112 Å². The van der Waals surface area contributed by atoms with Crippen LogP contribution in [0.2, 0.25) is 5.02 Å². The molecule has 0 saturated heterocycles. The molecule has 1 amide bonds. The monoisotopic (exact) mass is 1440 g/mol. The van der Waals surface area contributed by atoms with Gasteiger partial charge in [-0.3, -0.25) is 18.5 Å². The molecule has 0 fully saturated rings. The number of ether oxygens (including phenoxy) is 6. The van der Waals surface area contributed by atoms with Crippen LogP contribution in [0.25, 0.3) is 17.0 Å². The van der Waals surface area contributed by atoms with Gasteiger partial charge in [0.25, 0.3) is 36.1 Å². The summed E-state index contributed by atoms with van der Waals surface area (Å²) in [5.41, 5.74) is 3.18. The number of nitrogens with one attached hydrogen (secondary N) is 2. The van der Waals surface area contributed by atoms with Crippen LogP contribution in [-0.2, 0) is 81.6 Å². The van der Waals surface area contributed by atoms with E-state index in [4.69, 9.17) is 45.0 Å². The number of hydrogen-bond acceptors (Lipinski definition) is 21. The number of fused-ring (bicyclic) bond motifs is 3. The topological polar surface area (TPSA) is 366 Å². The maximum atomic E-state index is 12.9. The minimum absolute atomic E-state index is 0.0341. The molecular weight excluding hydrogens is 1360 g/mol. The van der Waals surface area contributed by atoms with E-state index in [1.54, 1.807) is 48.7 Å². The molecule has 97 heavy (non-hydrogen) atoms. The van der Waals surface area contributed by atoms with Gasteiger partial charge in [0, 0.05) is 96.3 Å². The van der Waals surface area contributed by atoms with Crippen LogP contribution in [0.5, 0.6) is 11.5 Å². The molecule has 0 spiro atoms. The Morgan fingerprint density at radius 1 is 0.763 bits per heavy atom. The van der Waals surface area contributed by atoms with Crippen molar-refractivity contribution in [2.24, 2.45) is 0 Å². The van der Waals surface area contributed by atoms with Gasteiger partial charge in [-0.15, -0.1) is 0 Å². The highest BCUT2D eigenvalue weighted by Gasteiger charge is 2.48. The molecule has 0 bridgehead atoms. The Balaban J connectivity index is 0.806. The zero-order valence-corrected chi connectivity index (χ0v) is 58.6. The fourth-order valence-corrected chi connectivity index (χ4v) is 14.1. The molecule has 2 aliphatic rings. The van der Waals surface area contributed by atoms with Gasteiger partial charge in [-0.05, 0) is 132 Å². The first kappa shape index (κ1) is 75.8. The van der Waals surface area contributed by atoms with E-state index >= 15 is 0 Å². The third-order valence-corrected chi connectivity index (χ3v) is 20.0. The summed E-state index contributed by atoms with van der Waals surface area (Å²) in [5, 5.41) is 11.2. The van der Waals surface area contributed by atoms with Crippen molar-refractivity contribution in [3.8, 4) is 22.8 Å². The summed E-state index contributed by atoms with van der Waals surface area (Å²) in [5.74, 6) is 1.02. The van der Waals surface area contributed by atoms with E-state index in [1.165, 1.54) is 43.8 Å². The van der Waals surface area contributed by atoms with Crippen LogP contribution < -0.4 is 25.0 Å². The number of rotatable bonds is 40. The van der Waals surface area contributed by atoms with Crippen LogP contribution in [0.15, 0.2) is 125 Å². The summed E-state index contributed by atoms with van der Waals surface area (Å²) in [6, 6.07) is 23.1. The van der Waals surface area contributed by atoms with E-state index in [-0.39, 0.29) is 70.4 Å². The lowest BCUT2D eigenvalue weighted by molar-refractivity contribution is -0.438. The average Bonchev–Trinajstić information content (AvgIpc) is 1.60. The van der Waals surface area contributed by atoms with Gasteiger partial charge in [0.2, 0.25) is 11.6 Å². The molecule has 528 valence electrons. The van der Waals surface area contributed by atoms with Crippen LogP contribution in [0.4, 0.5) is 17.2 Å². The van der Waals surface area contributed by atoms with Crippen molar-refractivity contribution < 1.29 is 89.7 Å². The van der Waals surface area contributed by atoms with Crippen LogP contribution in [-0.4, -0.2) is 185 Å². The van der Waals surface area contributed by atoms with E-state index in [1.807, 2.05) is 65.8 Å². The molecule has 2 aliphatic heterocycles. The fraction of sp³-hybridized carbons (Fsp3) is 0.462. The van der Waals surface area contributed by atoms with Gasteiger partial charge in [0.15, 0.2) is 5.71 Å². The number of aromatic nitrogens is 4. The number of nitrogens with zero attached hydrogens (tertiary/aromatic N) is 6. The van der Waals surface area contributed by atoms with Crippen LogP contribution in [0.3, 0.4) is 0 Å². The number of methoxy groups -OCH3 is 1. The molecule has 0 aliphatic carbocycles. The second kappa shape index (κ2) is 33.7. The van der Waals surface area contributed by atoms with Gasteiger partial charge in [-0.1, -0.05) is 35.9 Å². The van der Waals surface area contributed by atoms with Crippen LogP contribution in [0.1, 0.15) is 95.8 Å². The third-order valence-electron chi connectivity index (χ3n) is 16.5. The molecule has 5 N–H and O–H groups in total. The fourth-order valence-electron chi connectivity index (χ4n) is 11.9. The van der Waals surface area contributed by atoms with E-state index in [0.29, 0.717) is 140 Å². The first-order chi connectivity index (χ1) is 46.0. The van der Waals surface area contributed by atoms with Crippen LogP contribution >= 0.6 is 11.6 Å². The number of allylic oxidation sites excluding steroid dienone is 4. The largest absolute Gasteiger partial charge is 0.744 e. The molecule has 2 aromatic heterocycles. The van der Waals surface area contributed by atoms with Crippen molar-refractivity contribution in [1.82, 2.24) is 24.9 Å². The van der Waals surface area contributed by atoms with Gasteiger partial charge in [0.05, 0.1) is 84.8 Å². The van der Waals surface area contributed by atoms with Crippen molar-refractivity contribution in [2.75, 3.05) is 101 Å². The molecule has 4 heterocycles. The molecule has 0 radical (unpaired) electrons. The third kappa shape index (κ3) is 21.0. The maximum Gasteiger partial charge on any atom is 0.294 e. The summed E-state index contributed by atoms with van der Waals surface area (Å²) in [4.78, 5) is 22.9. The Morgan fingerprint density at radius 2 is 1.44 bits per heavy atom. The highest BCUT2D eigenvalue weighted by Crippen LogP contribution is 2.52. The summed E-state index contributed by atoms with van der Waals surface area (Å²) >= 11 is 6.26. The highest BCUT2D eigenvalue weighted by molar-refractivity contribution is 7.86. The summed E-state index contributed by atoms with van der Waals surface area (Å²) in [6.45, 7) is 11.1. The van der Waals surface area contributed by atoms with Gasteiger partial charge < -0.3 is 48.5 Å². The predicted octanol–water partition coefficient (Wildman–Crippen LogP) is 8.36. The molecule has 2 unspecified atom stereocenters. The lowest BCUT2D eigenvalue weighted by Crippen LogP contribution is -2.32. The number of halogens is 1. The molecule has 8 rings (SSSR count). The molecule has 0 saturated carbocycles. The Hall–Kier alpha value is -6.98. The van der Waals surface area contributed by atoms with Gasteiger partial charge >= 0.3 is 0 Å². The van der Waals surface area contributed by atoms with Crippen LogP contribution in [0, 0.1) is 0 Å². The predicted molar refractivity (Wildman–Crippen MR) is 363 cm³/mol. The van der Waals surface area contributed by atoms with E-state index in [9.17, 15) is 56.7 Å². The van der Waals surface area contributed by atoms with Crippen molar-refractivity contribution in [1.29, 1.82) is 0 Å².